The van der Waals surface area contributed by atoms with Crippen LogP contribution in [-0.2, 0) is 4.79 Å². The summed E-state index contributed by atoms with van der Waals surface area (Å²) in [5.41, 5.74) is 5.58. The van der Waals surface area contributed by atoms with Gasteiger partial charge < -0.3 is 16.2 Å². The van der Waals surface area contributed by atoms with Crippen molar-refractivity contribution >= 4 is 5.91 Å². The first-order chi connectivity index (χ1) is 7.08. The average molecular weight is 214 g/mol. The van der Waals surface area contributed by atoms with E-state index in [0.717, 1.165) is 25.7 Å². The van der Waals surface area contributed by atoms with Crippen LogP contribution in [0.3, 0.4) is 0 Å². The SMILES string of the molecule is CC(N)CCC(=O)NC1CCCC(O)C1. The summed E-state index contributed by atoms with van der Waals surface area (Å²) in [5.74, 6) is 0.0615. The molecule has 0 bridgehead atoms. The van der Waals surface area contributed by atoms with Crippen LogP contribution in [0.2, 0.25) is 0 Å². The molecule has 4 nitrogen and oxygen atoms in total. The van der Waals surface area contributed by atoms with Crippen LogP contribution in [0.4, 0.5) is 0 Å². The van der Waals surface area contributed by atoms with Gasteiger partial charge in [0.2, 0.25) is 5.91 Å². The van der Waals surface area contributed by atoms with Crippen molar-refractivity contribution in [2.45, 2.75) is 63.6 Å². The van der Waals surface area contributed by atoms with Gasteiger partial charge in [0.1, 0.15) is 0 Å². The molecule has 1 amide bonds. The maximum Gasteiger partial charge on any atom is 0.220 e. The van der Waals surface area contributed by atoms with E-state index in [1.54, 1.807) is 0 Å². The third-order valence-electron chi connectivity index (χ3n) is 2.84. The predicted octanol–water partition coefficient (Wildman–Crippen LogP) is 0.533. The maximum atomic E-state index is 11.5. The zero-order valence-electron chi connectivity index (χ0n) is 9.41. The Kier molecular flexibility index (Phi) is 5.05. The van der Waals surface area contributed by atoms with Crippen molar-refractivity contribution in [1.82, 2.24) is 5.32 Å². The number of nitrogens with one attached hydrogen (secondary N) is 1. The molecule has 1 saturated carbocycles. The fourth-order valence-electron chi connectivity index (χ4n) is 1.95. The highest BCUT2D eigenvalue weighted by molar-refractivity contribution is 5.76. The first kappa shape index (κ1) is 12.5. The van der Waals surface area contributed by atoms with Gasteiger partial charge in [-0.3, -0.25) is 4.79 Å². The number of amides is 1. The Morgan fingerprint density at radius 1 is 1.60 bits per heavy atom. The van der Waals surface area contributed by atoms with Crippen LogP contribution in [0.5, 0.6) is 0 Å². The van der Waals surface area contributed by atoms with Crippen molar-refractivity contribution in [2.75, 3.05) is 0 Å². The van der Waals surface area contributed by atoms with E-state index in [1.165, 1.54) is 0 Å². The van der Waals surface area contributed by atoms with E-state index in [-0.39, 0.29) is 24.1 Å². The summed E-state index contributed by atoms with van der Waals surface area (Å²) in [6, 6.07) is 0.238. The molecule has 0 aliphatic heterocycles. The van der Waals surface area contributed by atoms with Gasteiger partial charge in [0.05, 0.1) is 6.10 Å². The molecule has 1 aliphatic carbocycles. The topological polar surface area (TPSA) is 75.4 Å². The minimum Gasteiger partial charge on any atom is -0.393 e. The van der Waals surface area contributed by atoms with Crippen LogP contribution in [0.15, 0.2) is 0 Å². The van der Waals surface area contributed by atoms with Crippen LogP contribution in [0.1, 0.15) is 45.4 Å². The molecule has 0 heterocycles. The average Bonchev–Trinajstić information content (AvgIpc) is 2.15. The molecular formula is C11H22N2O2. The van der Waals surface area contributed by atoms with E-state index in [0.29, 0.717) is 12.8 Å². The molecule has 0 spiro atoms. The van der Waals surface area contributed by atoms with Crippen molar-refractivity contribution < 1.29 is 9.90 Å². The minimum atomic E-state index is -0.238. The van der Waals surface area contributed by atoms with E-state index >= 15 is 0 Å². The largest absolute Gasteiger partial charge is 0.393 e. The number of nitrogens with two attached hydrogens (primary N) is 1. The third kappa shape index (κ3) is 5.14. The number of rotatable bonds is 4. The second kappa shape index (κ2) is 6.08. The first-order valence-electron chi connectivity index (χ1n) is 5.81. The van der Waals surface area contributed by atoms with E-state index in [4.69, 9.17) is 5.73 Å². The van der Waals surface area contributed by atoms with Crippen molar-refractivity contribution in [3.05, 3.63) is 0 Å². The third-order valence-corrected chi connectivity index (χ3v) is 2.84. The number of hydrogen-bond acceptors (Lipinski definition) is 3. The molecule has 3 atom stereocenters. The van der Waals surface area contributed by atoms with Crippen molar-refractivity contribution in [1.29, 1.82) is 0 Å². The van der Waals surface area contributed by atoms with E-state index in [1.807, 2.05) is 6.92 Å². The molecule has 1 fully saturated rings. The zero-order valence-corrected chi connectivity index (χ0v) is 9.41. The molecule has 1 aliphatic rings. The van der Waals surface area contributed by atoms with Gasteiger partial charge in [-0.15, -0.1) is 0 Å². The molecule has 0 saturated heterocycles. The highest BCUT2D eigenvalue weighted by Crippen LogP contribution is 2.18. The lowest BCUT2D eigenvalue weighted by atomic mass is 9.93. The van der Waals surface area contributed by atoms with Gasteiger partial charge in [-0.05, 0) is 39.0 Å². The normalized spacial score (nSPS) is 28.5. The Morgan fingerprint density at radius 3 is 2.93 bits per heavy atom. The van der Waals surface area contributed by atoms with Gasteiger partial charge in [0.15, 0.2) is 0 Å². The van der Waals surface area contributed by atoms with Crippen LogP contribution in [0.25, 0.3) is 0 Å². The van der Waals surface area contributed by atoms with Gasteiger partial charge in [0.25, 0.3) is 0 Å². The molecule has 3 unspecified atom stereocenters. The lowest BCUT2D eigenvalue weighted by Crippen LogP contribution is -2.40. The number of carbonyl (C=O) groups excluding carboxylic acids is 1. The smallest absolute Gasteiger partial charge is 0.220 e. The lowest BCUT2D eigenvalue weighted by molar-refractivity contribution is -0.122. The first-order valence-corrected chi connectivity index (χ1v) is 5.81. The quantitative estimate of drug-likeness (QED) is 0.639. The van der Waals surface area contributed by atoms with E-state index in [2.05, 4.69) is 5.32 Å². The fourth-order valence-corrected chi connectivity index (χ4v) is 1.95. The summed E-state index contributed by atoms with van der Waals surface area (Å²) >= 11 is 0. The standard InChI is InChI=1S/C11H22N2O2/c1-8(12)5-6-11(15)13-9-3-2-4-10(14)7-9/h8-10,14H,2-7,12H2,1H3,(H,13,15). The summed E-state index contributed by atoms with van der Waals surface area (Å²) in [7, 11) is 0. The summed E-state index contributed by atoms with van der Waals surface area (Å²) in [6.45, 7) is 1.90. The van der Waals surface area contributed by atoms with Gasteiger partial charge in [-0.25, -0.2) is 0 Å². The molecule has 88 valence electrons. The highest BCUT2D eigenvalue weighted by atomic mass is 16.3. The predicted molar refractivity (Wildman–Crippen MR) is 59.3 cm³/mol. The Labute approximate surface area is 91.2 Å². The number of aliphatic hydroxyl groups excluding tert-OH is 1. The van der Waals surface area contributed by atoms with Crippen molar-refractivity contribution in [3.63, 3.8) is 0 Å². The second-order valence-electron chi connectivity index (χ2n) is 4.60. The number of carbonyl (C=O) groups is 1. The van der Waals surface area contributed by atoms with Gasteiger partial charge in [-0.2, -0.15) is 0 Å². The molecule has 0 radical (unpaired) electrons. The highest BCUT2D eigenvalue weighted by Gasteiger charge is 2.21. The molecule has 1 rings (SSSR count). The molecule has 0 aromatic rings. The van der Waals surface area contributed by atoms with Gasteiger partial charge in [0, 0.05) is 18.5 Å². The molecule has 4 heteroatoms. The van der Waals surface area contributed by atoms with E-state index < -0.39 is 0 Å². The molecule has 4 N–H and O–H groups in total. The Morgan fingerprint density at radius 2 is 2.33 bits per heavy atom. The van der Waals surface area contributed by atoms with Gasteiger partial charge in [-0.1, -0.05) is 0 Å². The second-order valence-corrected chi connectivity index (χ2v) is 4.60. The molecule has 0 aromatic heterocycles. The summed E-state index contributed by atoms with van der Waals surface area (Å²) in [4.78, 5) is 11.5. The Hall–Kier alpha value is -0.610. The van der Waals surface area contributed by atoms with Crippen molar-refractivity contribution in [3.8, 4) is 0 Å². The fraction of sp³-hybridized carbons (Fsp3) is 0.909. The summed E-state index contributed by atoms with van der Waals surface area (Å²) < 4.78 is 0. The van der Waals surface area contributed by atoms with Crippen molar-refractivity contribution in [2.24, 2.45) is 5.73 Å². The zero-order chi connectivity index (χ0) is 11.3. The molecule has 15 heavy (non-hydrogen) atoms. The van der Waals surface area contributed by atoms with Gasteiger partial charge >= 0.3 is 0 Å². The Balaban J connectivity index is 2.19. The van der Waals surface area contributed by atoms with E-state index in [9.17, 15) is 9.90 Å². The maximum absolute atomic E-state index is 11.5. The van der Waals surface area contributed by atoms with Crippen LogP contribution < -0.4 is 11.1 Å². The molecular weight excluding hydrogens is 192 g/mol. The number of aliphatic hydroxyl groups is 1. The lowest BCUT2D eigenvalue weighted by Gasteiger charge is -2.26. The van der Waals surface area contributed by atoms with Crippen LogP contribution in [0, 0.1) is 0 Å². The number of hydrogen-bond donors (Lipinski definition) is 3. The van der Waals surface area contributed by atoms with Crippen LogP contribution in [-0.4, -0.2) is 29.2 Å². The summed E-state index contributed by atoms with van der Waals surface area (Å²) in [6.07, 6.45) is 4.53. The molecule has 0 aromatic carbocycles. The van der Waals surface area contributed by atoms with Crippen LogP contribution >= 0.6 is 0 Å². The summed E-state index contributed by atoms with van der Waals surface area (Å²) in [5, 5.41) is 12.4. The minimum absolute atomic E-state index is 0.0615. The monoisotopic (exact) mass is 214 g/mol. The Bertz CT molecular complexity index is 207.